The molecule has 0 unspecified atom stereocenters. The predicted octanol–water partition coefficient (Wildman–Crippen LogP) is 5.11. The van der Waals surface area contributed by atoms with Gasteiger partial charge in [0.2, 0.25) is 5.91 Å². The third-order valence-corrected chi connectivity index (χ3v) is 5.50. The van der Waals surface area contributed by atoms with Crippen LogP contribution in [-0.4, -0.2) is 26.4 Å². The summed E-state index contributed by atoms with van der Waals surface area (Å²) in [6, 6.07) is 17.0. The molecule has 152 valence electrons. The number of hydrogen-bond donors (Lipinski definition) is 1. The Labute approximate surface area is 181 Å². The molecule has 0 fully saturated rings. The second-order valence-corrected chi connectivity index (χ2v) is 7.62. The fourth-order valence-corrected chi connectivity index (χ4v) is 3.78. The average molecular weight is 443 g/mol. The highest BCUT2D eigenvalue weighted by molar-refractivity contribution is 7.99. The summed E-state index contributed by atoms with van der Waals surface area (Å²) in [5, 5.41) is 12.1. The minimum Gasteiger partial charge on any atom is -0.467 e. The van der Waals surface area contributed by atoms with Crippen molar-refractivity contribution < 1.29 is 13.6 Å². The SMILES string of the molecule is O=C(CSc1nnc(-c2ccccc2Cl)n1Cc1ccco1)Nc1ccccc1F. The van der Waals surface area contributed by atoms with Gasteiger partial charge in [0, 0.05) is 5.56 Å². The molecule has 4 aromatic rings. The Hall–Kier alpha value is -3.10. The molecule has 0 saturated heterocycles. The first-order valence-corrected chi connectivity index (χ1v) is 10.4. The number of thioether (sulfide) groups is 1. The Morgan fingerprint density at radius 3 is 2.67 bits per heavy atom. The van der Waals surface area contributed by atoms with Gasteiger partial charge in [0.05, 0.1) is 29.3 Å². The number of halogens is 2. The van der Waals surface area contributed by atoms with Gasteiger partial charge in [-0.1, -0.05) is 47.6 Å². The first-order valence-electron chi connectivity index (χ1n) is 8.99. The lowest BCUT2D eigenvalue weighted by atomic mass is 10.2. The van der Waals surface area contributed by atoms with Crippen LogP contribution in [0.25, 0.3) is 11.4 Å². The number of aromatic nitrogens is 3. The molecule has 0 aliphatic carbocycles. The Kier molecular flexibility index (Phi) is 6.15. The van der Waals surface area contributed by atoms with Gasteiger partial charge in [0.25, 0.3) is 0 Å². The van der Waals surface area contributed by atoms with Crippen LogP contribution in [-0.2, 0) is 11.3 Å². The summed E-state index contributed by atoms with van der Waals surface area (Å²) in [6.45, 7) is 0.373. The normalized spacial score (nSPS) is 10.9. The van der Waals surface area contributed by atoms with Crippen molar-refractivity contribution in [3.8, 4) is 11.4 Å². The zero-order valence-electron chi connectivity index (χ0n) is 15.6. The highest BCUT2D eigenvalue weighted by atomic mass is 35.5. The van der Waals surface area contributed by atoms with E-state index in [-0.39, 0.29) is 17.3 Å². The lowest BCUT2D eigenvalue weighted by molar-refractivity contribution is -0.113. The number of amides is 1. The van der Waals surface area contributed by atoms with E-state index < -0.39 is 5.82 Å². The molecule has 0 radical (unpaired) electrons. The summed E-state index contributed by atoms with van der Waals surface area (Å²) >= 11 is 7.54. The second-order valence-electron chi connectivity index (χ2n) is 6.27. The molecule has 2 aromatic heterocycles. The van der Waals surface area contributed by atoms with Gasteiger partial charge in [-0.3, -0.25) is 9.36 Å². The van der Waals surface area contributed by atoms with Crippen molar-refractivity contribution >= 4 is 35.0 Å². The predicted molar refractivity (Wildman–Crippen MR) is 114 cm³/mol. The van der Waals surface area contributed by atoms with Gasteiger partial charge in [-0.25, -0.2) is 4.39 Å². The fourth-order valence-electron chi connectivity index (χ4n) is 2.82. The first-order chi connectivity index (χ1) is 14.6. The number of carbonyl (C=O) groups excluding carboxylic acids is 1. The van der Waals surface area contributed by atoms with Gasteiger partial charge in [0.15, 0.2) is 11.0 Å². The fraction of sp³-hybridized carbons (Fsp3) is 0.0952. The number of nitrogens with one attached hydrogen (secondary N) is 1. The van der Waals surface area contributed by atoms with Gasteiger partial charge in [-0.05, 0) is 36.4 Å². The quantitative estimate of drug-likeness (QED) is 0.402. The molecule has 2 heterocycles. The van der Waals surface area contributed by atoms with Gasteiger partial charge in [-0.2, -0.15) is 0 Å². The molecular formula is C21H16ClFN4O2S. The molecule has 30 heavy (non-hydrogen) atoms. The highest BCUT2D eigenvalue weighted by Gasteiger charge is 2.19. The van der Waals surface area contributed by atoms with Crippen molar-refractivity contribution in [3.63, 3.8) is 0 Å². The van der Waals surface area contributed by atoms with Crippen LogP contribution >= 0.6 is 23.4 Å². The van der Waals surface area contributed by atoms with Crippen LogP contribution in [0.2, 0.25) is 5.02 Å². The van der Waals surface area contributed by atoms with Crippen molar-refractivity contribution in [2.45, 2.75) is 11.7 Å². The summed E-state index contributed by atoms with van der Waals surface area (Å²) in [5.41, 5.74) is 0.859. The standard InChI is InChI=1S/C21H16ClFN4O2S/c22-16-8-2-1-7-15(16)20-25-26-21(27(20)12-14-6-5-11-29-14)30-13-19(28)24-18-10-4-3-9-17(18)23/h1-11H,12-13H2,(H,24,28). The van der Waals surface area contributed by atoms with Crippen molar-refractivity contribution in [2.75, 3.05) is 11.1 Å². The number of nitrogens with zero attached hydrogens (tertiary/aromatic N) is 3. The van der Waals surface area contributed by atoms with E-state index in [4.69, 9.17) is 16.0 Å². The van der Waals surface area contributed by atoms with Crippen LogP contribution in [0.3, 0.4) is 0 Å². The Morgan fingerprint density at radius 1 is 1.10 bits per heavy atom. The van der Waals surface area contributed by atoms with E-state index in [0.29, 0.717) is 28.3 Å². The maximum atomic E-state index is 13.7. The van der Waals surface area contributed by atoms with Crippen LogP contribution in [0.1, 0.15) is 5.76 Å². The van der Waals surface area contributed by atoms with E-state index >= 15 is 0 Å². The Balaban J connectivity index is 1.56. The lowest BCUT2D eigenvalue weighted by Crippen LogP contribution is -2.15. The molecule has 2 aromatic carbocycles. The molecule has 1 N–H and O–H groups in total. The molecule has 0 aliphatic heterocycles. The minimum absolute atomic E-state index is 0.0349. The monoisotopic (exact) mass is 442 g/mol. The molecule has 6 nitrogen and oxygen atoms in total. The summed E-state index contributed by atoms with van der Waals surface area (Å²) < 4.78 is 21.0. The van der Waals surface area contributed by atoms with Gasteiger partial charge in [-0.15, -0.1) is 10.2 Å². The number of carbonyl (C=O) groups is 1. The summed E-state index contributed by atoms with van der Waals surface area (Å²) in [7, 11) is 0. The maximum Gasteiger partial charge on any atom is 0.234 e. The Bertz CT molecular complexity index is 1160. The van der Waals surface area contributed by atoms with E-state index in [1.54, 1.807) is 30.5 Å². The van der Waals surface area contributed by atoms with Crippen LogP contribution in [0.4, 0.5) is 10.1 Å². The van der Waals surface area contributed by atoms with E-state index in [1.165, 1.54) is 23.9 Å². The minimum atomic E-state index is -0.488. The first kappa shape index (κ1) is 20.2. The lowest BCUT2D eigenvalue weighted by Gasteiger charge is -2.10. The van der Waals surface area contributed by atoms with Crippen molar-refractivity contribution in [1.82, 2.24) is 14.8 Å². The van der Waals surface area contributed by atoms with Gasteiger partial charge in [0.1, 0.15) is 11.6 Å². The molecule has 0 spiro atoms. The molecule has 0 bridgehead atoms. The molecule has 0 saturated carbocycles. The van der Waals surface area contributed by atoms with Crippen molar-refractivity contribution in [1.29, 1.82) is 0 Å². The number of benzene rings is 2. The van der Waals surface area contributed by atoms with E-state index in [0.717, 1.165) is 5.56 Å². The summed E-state index contributed by atoms with van der Waals surface area (Å²) in [4.78, 5) is 12.3. The number of hydrogen-bond acceptors (Lipinski definition) is 5. The van der Waals surface area contributed by atoms with Gasteiger partial charge >= 0.3 is 0 Å². The molecule has 1 amide bonds. The maximum absolute atomic E-state index is 13.7. The number of furan rings is 1. The number of rotatable bonds is 7. The number of para-hydroxylation sites is 1. The molecule has 0 atom stereocenters. The molecular weight excluding hydrogens is 427 g/mol. The Morgan fingerprint density at radius 2 is 1.90 bits per heavy atom. The highest BCUT2D eigenvalue weighted by Crippen LogP contribution is 2.30. The smallest absolute Gasteiger partial charge is 0.234 e. The van der Waals surface area contributed by atoms with Crippen molar-refractivity contribution in [3.05, 3.63) is 83.5 Å². The summed E-state index contributed by atoms with van der Waals surface area (Å²) in [6.07, 6.45) is 1.59. The zero-order chi connectivity index (χ0) is 20.9. The third-order valence-electron chi connectivity index (χ3n) is 4.21. The van der Waals surface area contributed by atoms with E-state index in [2.05, 4.69) is 15.5 Å². The molecule has 0 aliphatic rings. The van der Waals surface area contributed by atoms with Crippen LogP contribution in [0.15, 0.2) is 76.5 Å². The number of anilines is 1. The topological polar surface area (TPSA) is 73.0 Å². The zero-order valence-corrected chi connectivity index (χ0v) is 17.2. The third kappa shape index (κ3) is 4.55. The largest absolute Gasteiger partial charge is 0.467 e. The van der Waals surface area contributed by atoms with E-state index in [1.807, 2.05) is 28.8 Å². The van der Waals surface area contributed by atoms with Gasteiger partial charge < -0.3 is 9.73 Å². The summed E-state index contributed by atoms with van der Waals surface area (Å²) in [5.74, 6) is 0.470. The average Bonchev–Trinajstić information content (AvgIpc) is 3.39. The van der Waals surface area contributed by atoms with Crippen LogP contribution < -0.4 is 5.32 Å². The van der Waals surface area contributed by atoms with E-state index in [9.17, 15) is 9.18 Å². The second kappa shape index (κ2) is 9.15. The molecule has 4 rings (SSSR count). The van der Waals surface area contributed by atoms with Crippen molar-refractivity contribution in [2.24, 2.45) is 0 Å². The van der Waals surface area contributed by atoms with Crippen LogP contribution in [0, 0.1) is 5.82 Å². The van der Waals surface area contributed by atoms with Crippen LogP contribution in [0.5, 0.6) is 0 Å². The molecule has 9 heteroatoms.